The normalized spacial score (nSPS) is 24.2. The summed E-state index contributed by atoms with van der Waals surface area (Å²) in [5, 5.41) is 43.1. The van der Waals surface area contributed by atoms with E-state index in [1.54, 1.807) is 0 Å². The van der Waals surface area contributed by atoms with E-state index in [-0.39, 0.29) is 0 Å². The maximum absolute atomic E-state index is 12.8. The van der Waals surface area contributed by atoms with E-state index in [1.165, 1.54) is 0 Å². The van der Waals surface area contributed by atoms with Crippen LogP contribution in [0.25, 0.3) is 0 Å². The van der Waals surface area contributed by atoms with Gasteiger partial charge in [0.2, 0.25) is 0 Å². The van der Waals surface area contributed by atoms with Crippen LogP contribution in [0.5, 0.6) is 0 Å². The molecule has 74 valence electrons. The van der Waals surface area contributed by atoms with Crippen molar-refractivity contribution in [3.05, 3.63) is 0 Å². The Hall–Kier alpha value is -0.270. The van der Waals surface area contributed by atoms with Crippen molar-refractivity contribution in [3.8, 4) is 0 Å². The largest absolute Gasteiger partial charge is 0.394 e. The standard InChI is InChI=1S/C6H13FO5/c1-3(9)6(7,12)5(11)4(10)2-8/h3-5,8-12H,2H2,1H3/t3-,4+,5+,6+/m0/s1. The van der Waals surface area contributed by atoms with Crippen molar-refractivity contribution in [2.24, 2.45) is 0 Å². The molecule has 0 aliphatic heterocycles. The quantitative estimate of drug-likeness (QED) is 0.339. The number of rotatable bonds is 4. The van der Waals surface area contributed by atoms with Gasteiger partial charge in [-0.2, -0.15) is 0 Å². The molecule has 5 N–H and O–H groups in total. The van der Waals surface area contributed by atoms with Crippen molar-refractivity contribution in [2.45, 2.75) is 31.1 Å². The van der Waals surface area contributed by atoms with Crippen LogP contribution >= 0.6 is 0 Å². The first-order valence-corrected chi connectivity index (χ1v) is 3.40. The summed E-state index contributed by atoms with van der Waals surface area (Å²) in [6, 6.07) is 0. The Morgan fingerprint density at radius 1 is 1.33 bits per heavy atom. The second kappa shape index (κ2) is 4.11. The second-order valence-electron chi connectivity index (χ2n) is 2.60. The van der Waals surface area contributed by atoms with Gasteiger partial charge in [-0.15, -0.1) is 0 Å². The topological polar surface area (TPSA) is 101 Å². The minimum Gasteiger partial charge on any atom is -0.394 e. The lowest BCUT2D eigenvalue weighted by atomic mass is 10.0. The molecule has 6 heteroatoms. The van der Waals surface area contributed by atoms with Gasteiger partial charge in [0.05, 0.1) is 6.61 Å². The third-order valence-corrected chi connectivity index (χ3v) is 1.55. The van der Waals surface area contributed by atoms with Crippen LogP contribution in [0.1, 0.15) is 6.92 Å². The smallest absolute Gasteiger partial charge is 0.261 e. The number of halogens is 1. The highest BCUT2D eigenvalue weighted by Gasteiger charge is 2.44. The zero-order valence-electron chi connectivity index (χ0n) is 6.55. The van der Waals surface area contributed by atoms with E-state index in [4.69, 9.17) is 25.5 Å². The molecule has 0 saturated carbocycles. The van der Waals surface area contributed by atoms with E-state index in [0.717, 1.165) is 6.92 Å². The van der Waals surface area contributed by atoms with Crippen LogP contribution in [-0.4, -0.2) is 56.3 Å². The van der Waals surface area contributed by atoms with Gasteiger partial charge >= 0.3 is 0 Å². The van der Waals surface area contributed by atoms with E-state index in [0.29, 0.717) is 0 Å². The number of aliphatic hydroxyl groups is 5. The molecule has 0 unspecified atom stereocenters. The zero-order valence-corrected chi connectivity index (χ0v) is 6.55. The average molecular weight is 184 g/mol. The predicted octanol–water partition coefficient (Wildman–Crippen LogP) is -2.26. The molecule has 4 atom stereocenters. The minimum atomic E-state index is -3.32. The summed E-state index contributed by atoms with van der Waals surface area (Å²) in [6.07, 6.45) is -5.91. The molecule has 0 aromatic heterocycles. The van der Waals surface area contributed by atoms with Crippen LogP contribution in [0.4, 0.5) is 4.39 Å². The molecule has 0 fully saturated rings. The first-order chi connectivity index (χ1) is 5.34. The number of alkyl halides is 1. The fourth-order valence-corrected chi connectivity index (χ4v) is 0.617. The van der Waals surface area contributed by atoms with Crippen LogP contribution in [0.2, 0.25) is 0 Å². The van der Waals surface area contributed by atoms with Crippen LogP contribution in [0.3, 0.4) is 0 Å². The molecular weight excluding hydrogens is 171 g/mol. The summed E-state index contributed by atoms with van der Waals surface area (Å²) in [5.41, 5.74) is 0. The molecule has 0 amide bonds. The highest BCUT2D eigenvalue weighted by Crippen LogP contribution is 2.19. The Bertz CT molecular complexity index is 138. The first-order valence-electron chi connectivity index (χ1n) is 3.40. The Labute approximate surface area is 68.7 Å². The summed E-state index contributed by atoms with van der Waals surface area (Å²) < 4.78 is 12.8. The van der Waals surface area contributed by atoms with Crippen molar-refractivity contribution in [2.75, 3.05) is 6.61 Å². The maximum Gasteiger partial charge on any atom is 0.261 e. The molecule has 0 heterocycles. The van der Waals surface area contributed by atoms with Gasteiger partial charge in [-0.1, -0.05) is 0 Å². The second-order valence-corrected chi connectivity index (χ2v) is 2.60. The molecule has 0 aliphatic carbocycles. The van der Waals surface area contributed by atoms with Gasteiger partial charge in [-0.05, 0) is 6.92 Å². The predicted molar refractivity (Wildman–Crippen MR) is 36.8 cm³/mol. The first kappa shape index (κ1) is 11.7. The highest BCUT2D eigenvalue weighted by atomic mass is 19.2. The molecule has 0 aromatic rings. The molecule has 0 rings (SSSR count). The zero-order chi connectivity index (χ0) is 9.94. The third-order valence-electron chi connectivity index (χ3n) is 1.55. The third kappa shape index (κ3) is 2.36. The molecular formula is C6H13FO5. The molecule has 5 nitrogen and oxygen atoms in total. The van der Waals surface area contributed by atoms with Crippen LogP contribution < -0.4 is 0 Å². The monoisotopic (exact) mass is 184 g/mol. The molecule has 0 spiro atoms. The lowest BCUT2D eigenvalue weighted by Crippen LogP contribution is -2.53. The number of hydrogen-bond acceptors (Lipinski definition) is 5. The Balaban J connectivity index is 4.34. The number of hydrogen-bond donors (Lipinski definition) is 5. The molecule has 12 heavy (non-hydrogen) atoms. The van der Waals surface area contributed by atoms with Gasteiger partial charge in [0.1, 0.15) is 18.3 Å². The van der Waals surface area contributed by atoms with Crippen molar-refractivity contribution in [1.82, 2.24) is 0 Å². The van der Waals surface area contributed by atoms with E-state index in [2.05, 4.69) is 0 Å². The van der Waals surface area contributed by atoms with Crippen molar-refractivity contribution >= 4 is 0 Å². The maximum atomic E-state index is 12.8. The van der Waals surface area contributed by atoms with Crippen molar-refractivity contribution in [1.29, 1.82) is 0 Å². The van der Waals surface area contributed by atoms with Gasteiger partial charge in [-0.3, -0.25) is 0 Å². The van der Waals surface area contributed by atoms with E-state index >= 15 is 0 Å². The highest BCUT2D eigenvalue weighted by molar-refractivity contribution is 4.85. The fourth-order valence-electron chi connectivity index (χ4n) is 0.617. The van der Waals surface area contributed by atoms with Crippen LogP contribution in [0, 0.1) is 0 Å². The minimum absolute atomic E-state index is 0.903. The van der Waals surface area contributed by atoms with Gasteiger partial charge in [-0.25, -0.2) is 4.39 Å². The van der Waals surface area contributed by atoms with Crippen LogP contribution in [0.15, 0.2) is 0 Å². The SMILES string of the molecule is C[C@H](O)[C@](O)(F)[C@H](O)[C@H](O)CO. The molecule has 0 aliphatic rings. The van der Waals surface area contributed by atoms with Gasteiger partial charge in [0, 0.05) is 0 Å². The average Bonchev–Trinajstić information content (AvgIpc) is 2.01. The van der Waals surface area contributed by atoms with Crippen molar-refractivity contribution < 1.29 is 29.9 Å². The Morgan fingerprint density at radius 2 is 1.75 bits per heavy atom. The van der Waals surface area contributed by atoms with E-state index < -0.39 is 30.8 Å². The number of aliphatic hydroxyl groups excluding tert-OH is 4. The summed E-state index contributed by atoms with van der Waals surface area (Å²) in [5.74, 6) is -3.32. The van der Waals surface area contributed by atoms with Crippen molar-refractivity contribution in [3.63, 3.8) is 0 Å². The van der Waals surface area contributed by atoms with E-state index in [1.807, 2.05) is 0 Å². The summed E-state index contributed by atoms with van der Waals surface area (Å²) in [7, 11) is 0. The van der Waals surface area contributed by atoms with Gasteiger partial charge in [0.25, 0.3) is 5.85 Å². The Kier molecular flexibility index (Phi) is 4.01. The van der Waals surface area contributed by atoms with Gasteiger partial charge in [0.15, 0.2) is 0 Å². The fraction of sp³-hybridized carbons (Fsp3) is 1.00. The summed E-state index contributed by atoms with van der Waals surface area (Å²) >= 11 is 0. The van der Waals surface area contributed by atoms with Crippen LogP contribution in [-0.2, 0) is 0 Å². The summed E-state index contributed by atoms with van der Waals surface area (Å²) in [4.78, 5) is 0. The molecule has 0 bridgehead atoms. The molecule has 0 radical (unpaired) electrons. The Morgan fingerprint density at radius 3 is 2.00 bits per heavy atom. The summed E-state index contributed by atoms with van der Waals surface area (Å²) in [6.45, 7) is 0.00737. The van der Waals surface area contributed by atoms with Gasteiger partial charge < -0.3 is 25.5 Å². The lowest BCUT2D eigenvalue weighted by Gasteiger charge is -2.29. The van der Waals surface area contributed by atoms with E-state index in [9.17, 15) is 4.39 Å². The molecule has 0 saturated heterocycles. The lowest BCUT2D eigenvalue weighted by molar-refractivity contribution is -0.246. The molecule has 0 aromatic carbocycles.